The molecule has 1 heteroatoms. The van der Waals surface area contributed by atoms with Gasteiger partial charge in [0.05, 0.1) is 0 Å². The molecule has 118 valence electrons. The number of fused-ring (bicyclic) bond motifs is 1. The molecule has 3 aromatic rings. The van der Waals surface area contributed by atoms with Crippen LogP contribution in [0.15, 0.2) is 67.1 Å². The molecule has 0 heterocycles. The molecule has 3 aromatic carbocycles. The molecule has 0 atom stereocenters. The van der Waals surface area contributed by atoms with Crippen molar-refractivity contribution in [3.05, 3.63) is 89.4 Å². The third-order valence-electron chi connectivity index (χ3n) is 4.42. The molecule has 0 aliphatic heterocycles. The summed E-state index contributed by atoms with van der Waals surface area (Å²) in [7, 11) is 0. The molecule has 0 aliphatic rings. The van der Waals surface area contributed by atoms with Crippen LogP contribution in [0.25, 0.3) is 40.1 Å². The van der Waals surface area contributed by atoms with Crippen molar-refractivity contribution in [3.63, 3.8) is 0 Å². The zero-order valence-electron chi connectivity index (χ0n) is 13.8. The zero-order valence-corrected chi connectivity index (χ0v) is 14.7. The first-order chi connectivity index (χ1) is 11.7. The van der Waals surface area contributed by atoms with Crippen molar-refractivity contribution >= 4 is 41.6 Å². The van der Waals surface area contributed by atoms with Gasteiger partial charge in [0.25, 0.3) is 0 Å². The molecule has 0 spiro atoms. The number of thiol groups is 1. The minimum Gasteiger partial charge on any atom is -0.151 e. The molecule has 0 aromatic heterocycles. The molecule has 0 bridgehead atoms. The van der Waals surface area contributed by atoms with Gasteiger partial charge < -0.3 is 0 Å². The van der Waals surface area contributed by atoms with Gasteiger partial charge in [-0.3, -0.25) is 0 Å². The summed E-state index contributed by atoms with van der Waals surface area (Å²) in [4.78, 5) is 0. The molecule has 0 aliphatic carbocycles. The highest BCUT2D eigenvalue weighted by Gasteiger charge is 2.12. The summed E-state index contributed by atoms with van der Waals surface area (Å²) in [5.74, 6) is 0. The van der Waals surface area contributed by atoms with Crippen molar-refractivity contribution < 1.29 is 0 Å². The fraction of sp³-hybridized carbons (Fsp3) is 0.0435. The van der Waals surface area contributed by atoms with Crippen molar-refractivity contribution in [1.82, 2.24) is 0 Å². The Morgan fingerprint density at radius 3 is 2.17 bits per heavy atom. The van der Waals surface area contributed by atoms with E-state index in [1.165, 1.54) is 27.5 Å². The monoisotopic (exact) mass is 328 g/mol. The minimum atomic E-state index is 1.15. The second kappa shape index (κ2) is 6.94. The van der Waals surface area contributed by atoms with E-state index in [0.717, 1.165) is 16.7 Å². The van der Waals surface area contributed by atoms with E-state index in [-0.39, 0.29) is 0 Å². The fourth-order valence-corrected chi connectivity index (χ4v) is 3.39. The summed E-state index contributed by atoms with van der Waals surface area (Å²) in [6.07, 6.45) is 5.87. The van der Waals surface area contributed by atoms with Gasteiger partial charge in [0, 0.05) is 0 Å². The highest BCUT2D eigenvalue weighted by atomic mass is 32.1. The normalized spacial score (nSPS) is 11.1. The van der Waals surface area contributed by atoms with Crippen LogP contribution >= 0.6 is 12.6 Å². The van der Waals surface area contributed by atoms with Gasteiger partial charge in [-0.25, -0.2) is 0 Å². The maximum Gasteiger partial charge on any atom is -0.00977 e. The lowest BCUT2D eigenvalue weighted by Gasteiger charge is -2.15. The van der Waals surface area contributed by atoms with Gasteiger partial charge in [-0.05, 0) is 62.6 Å². The average molecular weight is 328 g/mol. The molecule has 24 heavy (non-hydrogen) atoms. The van der Waals surface area contributed by atoms with E-state index in [2.05, 4.69) is 81.2 Å². The lowest BCUT2D eigenvalue weighted by Crippen LogP contribution is -1.93. The van der Waals surface area contributed by atoms with Crippen molar-refractivity contribution in [2.24, 2.45) is 0 Å². The van der Waals surface area contributed by atoms with E-state index in [0.29, 0.717) is 0 Å². The number of aryl methyl sites for hydroxylation is 1. The van der Waals surface area contributed by atoms with Gasteiger partial charge in [0.1, 0.15) is 0 Å². The van der Waals surface area contributed by atoms with E-state index in [1.54, 1.807) is 5.41 Å². The quantitative estimate of drug-likeness (QED) is 0.490. The standard InChI is InChI=1S/C23H20S/c1-4-17-11-13-22(20-9-7-6-8-19(17)20)21-12-10-16(3)18(5-2)23(21)14-15-24/h4-15,24H,1-2H2,3H3/b15-14-. The van der Waals surface area contributed by atoms with Crippen LogP contribution in [0.4, 0.5) is 0 Å². The Balaban J connectivity index is 2.41. The Labute approximate surface area is 149 Å². The molecule has 0 unspecified atom stereocenters. The molecule has 0 radical (unpaired) electrons. The molecule has 0 saturated carbocycles. The van der Waals surface area contributed by atoms with Crippen LogP contribution in [-0.2, 0) is 0 Å². The SMILES string of the molecule is C=Cc1c(C)ccc(-c2ccc(C=C)c3ccccc23)c1/C=C\S. The van der Waals surface area contributed by atoms with Crippen molar-refractivity contribution in [2.45, 2.75) is 6.92 Å². The van der Waals surface area contributed by atoms with Gasteiger partial charge in [-0.2, -0.15) is 12.6 Å². The molecule has 0 amide bonds. The van der Waals surface area contributed by atoms with Crippen LogP contribution in [0, 0.1) is 6.92 Å². The minimum absolute atomic E-state index is 1.15. The highest BCUT2D eigenvalue weighted by molar-refractivity contribution is 7.83. The molecule has 0 fully saturated rings. The average Bonchev–Trinajstić information content (AvgIpc) is 2.62. The highest BCUT2D eigenvalue weighted by Crippen LogP contribution is 2.36. The Bertz CT molecular complexity index is 961. The largest absolute Gasteiger partial charge is 0.151 e. The van der Waals surface area contributed by atoms with Crippen molar-refractivity contribution in [3.8, 4) is 11.1 Å². The van der Waals surface area contributed by atoms with E-state index in [9.17, 15) is 0 Å². The van der Waals surface area contributed by atoms with E-state index < -0.39 is 0 Å². The van der Waals surface area contributed by atoms with Gasteiger partial charge in [0.2, 0.25) is 0 Å². The number of rotatable bonds is 4. The zero-order chi connectivity index (χ0) is 17.1. The Morgan fingerprint density at radius 1 is 0.792 bits per heavy atom. The number of benzene rings is 3. The fourth-order valence-electron chi connectivity index (χ4n) is 3.24. The van der Waals surface area contributed by atoms with Gasteiger partial charge in [0.15, 0.2) is 0 Å². The van der Waals surface area contributed by atoms with Crippen LogP contribution in [0.2, 0.25) is 0 Å². The predicted octanol–water partition coefficient (Wildman–Crippen LogP) is 7.00. The van der Waals surface area contributed by atoms with Crippen LogP contribution in [0.5, 0.6) is 0 Å². The van der Waals surface area contributed by atoms with Crippen LogP contribution in [0.1, 0.15) is 22.3 Å². The molecule has 3 rings (SSSR count). The number of hydrogen-bond acceptors (Lipinski definition) is 1. The topological polar surface area (TPSA) is 0 Å². The first-order valence-electron chi connectivity index (χ1n) is 7.92. The first kappa shape index (κ1) is 16.4. The molecule has 0 N–H and O–H groups in total. The second-order valence-corrected chi connectivity index (χ2v) is 6.03. The van der Waals surface area contributed by atoms with Crippen molar-refractivity contribution in [2.75, 3.05) is 0 Å². The van der Waals surface area contributed by atoms with E-state index in [4.69, 9.17) is 0 Å². The molecular weight excluding hydrogens is 308 g/mol. The Hall–Kier alpha value is -2.51. The number of hydrogen-bond donors (Lipinski definition) is 1. The van der Waals surface area contributed by atoms with Gasteiger partial charge >= 0.3 is 0 Å². The molecular formula is C23H20S. The summed E-state index contributed by atoms with van der Waals surface area (Å²) in [5.41, 5.74) is 7.05. The maximum atomic E-state index is 4.29. The smallest absolute Gasteiger partial charge is 0.00977 e. The summed E-state index contributed by atoms with van der Waals surface area (Å²) in [5, 5.41) is 4.22. The van der Waals surface area contributed by atoms with E-state index >= 15 is 0 Å². The van der Waals surface area contributed by atoms with Gasteiger partial charge in [-0.15, -0.1) is 0 Å². The van der Waals surface area contributed by atoms with Gasteiger partial charge in [-0.1, -0.05) is 73.8 Å². The molecule has 0 saturated heterocycles. The third-order valence-corrected chi connectivity index (χ3v) is 4.57. The summed E-state index contributed by atoms with van der Waals surface area (Å²) >= 11 is 4.29. The Kier molecular flexibility index (Phi) is 4.73. The summed E-state index contributed by atoms with van der Waals surface area (Å²) < 4.78 is 0. The predicted molar refractivity (Wildman–Crippen MR) is 112 cm³/mol. The maximum absolute atomic E-state index is 4.29. The lowest BCUT2D eigenvalue weighted by molar-refractivity contribution is 1.43. The second-order valence-electron chi connectivity index (χ2n) is 5.73. The molecule has 0 nitrogen and oxygen atoms in total. The van der Waals surface area contributed by atoms with E-state index in [1.807, 2.05) is 18.2 Å². The van der Waals surface area contributed by atoms with Crippen LogP contribution < -0.4 is 0 Å². The summed E-state index contributed by atoms with van der Waals surface area (Å²) in [6.45, 7) is 10.0. The summed E-state index contributed by atoms with van der Waals surface area (Å²) in [6, 6.07) is 17.1. The Morgan fingerprint density at radius 2 is 1.50 bits per heavy atom. The van der Waals surface area contributed by atoms with Crippen molar-refractivity contribution in [1.29, 1.82) is 0 Å². The van der Waals surface area contributed by atoms with Crippen LogP contribution in [0.3, 0.4) is 0 Å². The first-order valence-corrected chi connectivity index (χ1v) is 8.44. The van der Waals surface area contributed by atoms with Crippen LogP contribution in [-0.4, -0.2) is 0 Å². The third kappa shape index (κ3) is 2.72. The lowest BCUT2D eigenvalue weighted by atomic mass is 9.88.